The molecule has 0 aliphatic heterocycles. The normalized spacial score (nSPS) is 11.0. The molecule has 7 heteroatoms. The number of anilines is 2. The maximum absolute atomic E-state index is 9.33. The average molecular weight is 345 g/mol. The third-order valence-electron chi connectivity index (χ3n) is 2.58. The molecule has 1 heterocycles. The summed E-state index contributed by atoms with van der Waals surface area (Å²) in [5.74, 6) is 0.756. The first-order chi connectivity index (χ1) is 9.99. The fraction of sp³-hybridized carbons (Fsp3) is 0.143. The van der Waals surface area contributed by atoms with E-state index in [4.69, 9.17) is 5.73 Å². The van der Waals surface area contributed by atoms with Crippen LogP contribution in [0.1, 0.15) is 11.4 Å². The smallest absolute Gasteiger partial charge is 0.230 e. The number of nitrogens with zero attached hydrogens (tertiary/aromatic N) is 5. The third kappa shape index (κ3) is 3.77. The zero-order valence-electron chi connectivity index (χ0n) is 11.6. The number of aromatic nitrogens is 3. The van der Waals surface area contributed by atoms with Crippen LogP contribution in [-0.2, 0) is 0 Å². The van der Waals surface area contributed by atoms with E-state index in [1.165, 1.54) is 0 Å². The zero-order chi connectivity index (χ0) is 15.4. The Morgan fingerprint density at radius 1 is 1.24 bits per heavy atom. The SMILES string of the molecule is CN(C)c1nc(N)nc(/C(C#N)=C/c2ccc(Br)cc2)n1. The van der Waals surface area contributed by atoms with Crippen LogP contribution in [0.4, 0.5) is 11.9 Å². The van der Waals surface area contributed by atoms with E-state index < -0.39 is 0 Å². The highest BCUT2D eigenvalue weighted by Gasteiger charge is 2.10. The molecule has 0 aliphatic rings. The van der Waals surface area contributed by atoms with Gasteiger partial charge in [-0.25, -0.2) is 0 Å². The Morgan fingerprint density at radius 2 is 1.90 bits per heavy atom. The summed E-state index contributed by atoms with van der Waals surface area (Å²) in [6, 6.07) is 9.67. The lowest BCUT2D eigenvalue weighted by atomic mass is 10.1. The standard InChI is InChI=1S/C14H13BrN6/c1-21(2)14-19-12(18-13(17)20-14)10(8-16)7-9-3-5-11(15)6-4-9/h3-7H,1-2H3,(H2,17,18,19,20)/b10-7+. The monoisotopic (exact) mass is 344 g/mol. The fourth-order valence-electron chi connectivity index (χ4n) is 1.57. The lowest BCUT2D eigenvalue weighted by Crippen LogP contribution is -2.15. The molecule has 0 spiro atoms. The molecular formula is C14H13BrN6. The second-order valence-corrected chi connectivity index (χ2v) is 5.35. The number of halogens is 1. The van der Waals surface area contributed by atoms with E-state index in [-0.39, 0.29) is 11.8 Å². The molecule has 106 valence electrons. The van der Waals surface area contributed by atoms with Gasteiger partial charge in [0, 0.05) is 18.6 Å². The molecule has 2 aromatic rings. The molecule has 1 aromatic heterocycles. The van der Waals surface area contributed by atoms with Crippen LogP contribution in [0.2, 0.25) is 0 Å². The van der Waals surface area contributed by atoms with Gasteiger partial charge in [0.1, 0.15) is 6.07 Å². The number of allylic oxidation sites excluding steroid dienone is 1. The Balaban J connectivity index is 2.46. The van der Waals surface area contributed by atoms with Gasteiger partial charge in [0.15, 0.2) is 5.82 Å². The Labute approximate surface area is 131 Å². The molecule has 0 fully saturated rings. The van der Waals surface area contributed by atoms with Crippen LogP contribution in [0, 0.1) is 11.3 Å². The number of nitrogen functional groups attached to an aromatic ring is 1. The van der Waals surface area contributed by atoms with Gasteiger partial charge in [0.05, 0.1) is 5.57 Å². The van der Waals surface area contributed by atoms with Crippen LogP contribution in [-0.4, -0.2) is 29.0 Å². The predicted molar refractivity (Wildman–Crippen MR) is 86.2 cm³/mol. The van der Waals surface area contributed by atoms with Crippen molar-refractivity contribution in [3.8, 4) is 6.07 Å². The first-order valence-electron chi connectivity index (χ1n) is 6.06. The van der Waals surface area contributed by atoms with Gasteiger partial charge in [0.25, 0.3) is 0 Å². The molecule has 0 aliphatic carbocycles. The van der Waals surface area contributed by atoms with Crippen molar-refractivity contribution in [3.05, 3.63) is 40.1 Å². The number of nitrogens with two attached hydrogens (primary N) is 1. The molecule has 0 unspecified atom stereocenters. The zero-order valence-corrected chi connectivity index (χ0v) is 13.2. The number of hydrogen-bond acceptors (Lipinski definition) is 6. The third-order valence-corrected chi connectivity index (χ3v) is 3.11. The molecular weight excluding hydrogens is 332 g/mol. The molecule has 6 nitrogen and oxygen atoms in total. The molecule has 0 saturated heterocycles. The Morgan fingerprint density at radius 3 is 2.48 bits per heavy atom. The maximum atomic E-state index is 9.33. The van der Waals surface area contributed by atoms with Crippen molar-refractivity contribution in [2.24, 2.45) is 0 Å². The number of rotatable bonds is 3. The number of nitriles is 1. The summed E-state index contributed by atoms with van der Waals surface area (Å²) in [6.45, 7) is 0. The van der Waals surface area contributed by atoms with Crippen LogP contribution in [0.25, 0.3) is 11.6 Å². The topological polar surface area (TPSA) is 91.7 Å². The Bertz CT molecular complexity index is 715. The number of benzene rings is 1. The van der Waals surface area contributed by atoms with Gasteiger partial charge in [0.2, 0.25) is 11.9 Å². The van der Waals surface area contributed by atoms with Crippen LogP contribution >= 0.6 is 15.9 Å². The fourth-order valence-corrected chi connectivity index (χ4v) is 1.84. The minimum atomic E-state index is 0.0839. The van der Waals surface area contributed by atoms with Gasteiger partial charge in [-0.15, -0.1) is 0 Å². The molecule has 2 rings (SSSR count). The van der Waals surface area contributed by atoms with Gasteiger partial charge < -0.3 is 10.6 Å². The maximum Gasteiger partial charge on any atom is 0.230 e. The molecule has 0 bridgehead atoms. The highest BCUT2D eigenvalue weighted by atomic mass is 79.9. The van der Waals surface area contributed by atoms with Gasteiger partial charge in [-0.3, -0.25) is 0 Å². The summed E-state index contributed by atoms with van der Waals surface area (Å²) < 4.78 is 0.970. The van der Waals surface area contributed by atoms with Crippen molar-refractivity contribution in [3.63, 3.8) is 0 Å². The molecule has 0 amide bonds. The molecule has 21 heavy (non-hydrogen) atoms. The molecule has 2 N–H and O–H groups in total. The van der Waals surface area contributed by atoms with Crippen LogP contribution < -0.4 is 10.6 Å². The number of hydrogen-bond donors (Lipinski definition) is 1. The van der Waals surface area contributed by atoms with Crippen molar-refractivity contribution in [1.82, 2.24) is 15.0 Å². The summed E-state index contributed by atoms with van der Waals surface area (Å²) >= 11 is 3.37. The lowest BCUT2D eigenvalue weighted by molar-refractivity contribution is 0.952. The van der Waals surface area contributed by atoms with Crippen molar-refractivity contribution in [2.45, 2.75) is 0 Å². The van der Waals surface area contributed by atoms with Crippen LogP contribution in [0.3, 0.4) is 0 Å². The van der Waals surface area contributed by atoms with E-state index in [9.17, 15) is 5.26 Å². The molecule has 1 aromatic carbocycles. The summed E-state index contributed by atoms with van der Waals surface area (Å²) in [7, 11) is 3.59. The van der Waals surface area contributed by atoms with Gasteiger partial charge >= 0.3 is 0 Å². The molecule has 0 atom stereocenters. The summed E-state index contributed by atoms with van der Waals surface area (Å²) in [5, 5.41) is 9.33. The largest absolute Gasteiger partial charge is 0.368 e. The predicted octanol–water partition coefficient (Wildman–Crippen LogP) is 2.35. The molecule has 0 saturated carbocycles. The van der Waals surface area contributed by atoms with E-state index in [1.54, 1.807) is 25.1 Å². The lowest BCUT2D eigenvalue weighted by Gasteiger charge is -2.10. The first-order valence-corrected chi connectivity index (χ1v) is 6.85. The highest BCUT2D eigenvalue weighted by Crippen LogP contribution is 2.18. The average Bonchev–Trinajstić information content (AvgIpc) is 2.46. The van der Waals surface area contributed by atoms with Gasteiger partial charge in [-0.05, 0) is 23.8 Å². The molecule has 0 radical (unpaired) electrons. The Hall–Kier alpha value is -2.46. The minimum absolute atomic E-state index is 0.0839. The van der Waals surface area contributed by atoms with E-state index >= 15 is 0 Å². The van der Waals surface area contributed by atoms with E-state index in [1.807, 2.05) is 24.3 Å². The minimum Gasteiger partial charge on any atom is -0.368 e. The summed E-state index contributed by atoms with van der Waals surface area (Å²) in [6.07, 6.45) is 1.71. The summed E-state index contributed by atoms with van der Waals surface area (Å²) in [5.41, 5.74) is 6.87. The Kier molecular flexibility index (Phi) is 4.50. The van der Waals surface area contributed by atoms with E-state index in [2.05, 4.69) is 37.0 Å². The van der Waals surface area contributed by atoms with Crippen molar-refractivity contribution < 1.29 is 0 Å². The first kappa shape index (κ1) is 14.9. The van der Waals surface area contributed by atoms with E-state index in [0.29, 0.717) is 11.5 Å². The van der Waals surface area contributed by atoms with E-state index in [0.717, 1.165) is 10.0 Å². The highest BCUT2D eigenvalue weighted by molar-refractivity contribution is 9.10. The van der Waals surface area contributed by atoms with Gasteiger partial charge in [-0.1, -0.05) is 28.1 Å². The quantitative estimate of drug-likeness (QED) is 0.859. The van der Waals surface area contributed by atoms with Crippen molar-refractivity contribution in [1.29, 1.82) is 5.26 Å². The second-order valence-electron chi connectivity index (χ2n) is 4.43. The van der Waals surface area contributed by atoms with Crippen molar-refractivity contribution >= 4 is 39.5 Å². The van der Waals surface area contributed by atoms with Crippen LogP contribution in [0.5, 0.6) is 0 Å². The second kappa shape index (κ2) is 6.33. The van der Waals surface area contributed by atoms with Gasteiger partial charge in [-0.2, -0.15) is 20.2 Å². The summed E-state index contributed by atoms with van der Waals surface area (Å²) in [4.78, 5) is 14.0. The van der Waals surface area contributed by atoms with Crippen molar-refractivity contribution in [2.75, 3.05) is 24.7 Å². The van der Waals surface area contributed by atoms with Crippen LogP contribution in [0.15, 0.2) is 28.7 Å².